The van der Waals surface area contributed by atoms with Gasteiger partial charge in [-0.05, 0) is 19.1 Å². The summed E-state index contributed by atoms with van der Waals surface area (Å²) in [5, 5.41) is 5.02. The second-order valence-corrected chi connectivity index (χ2v) is 4.74. The van der Waals surface area contributed by atoms with Crippen LogP contribution in [0.5, 0.6) is 5.75 Å². The summed E-state index contributed by atoms with van der Waals surface area (Å²) in [6.07, 6.45) is 5.08. The quantitative estimate of drug-likeness (QED) is 0.817. The first-order chi connectivity index (χ1) is 10.1. The molecule has 0 unspecified atom stereocenters. The first kappa shape index (κ1) is 13.2. The molecule has 0 radical (unpaired) electrons. The Kier molecular flexibility index (Phi) is 2.90. The fourth-order valence-corrected chi connectivity index (χ4v) is 2.73. The molecule has 2 N–H and O–H groups in total. The van der Waals surface area contributed by atoms with Gasteiger partial charge >= 0.3 is 6.03 Å². The van der Waals surface area contributed by atoms with Crippen molar-refractivity contribution in [2.24, 2.45) is 0 Å². The van der Waals surface area contributed by atoms with E-state index in [1.165, 1.54) is 6.08 Å². The van der Waals surface area contributed by atoms with Crippen LogP contribution >= 0.6 is 0 Å². The number of amides is 3. The number of carbonyl (C=O) groups excluding carboxylic acids is 2. The lowest BCUT2D eigenvalue weighted by Crippen LogP contribution is -2.47. The molecule has 2 aliphatic heterocycles. The molecule has 1 aromatic rings. The average molecular weight is 282 g/mol. The van der Waals surface area contributed by atoms with Gasteiger partial charge in [-0.15, -0.1) is 0 Å². The maximum Gasteiger partial charge on any atom is 0.322 e. The van der Waals surface area contributed by atoms with Crippen molar-refractivity contribution >= 4 is 11.9 Å². The standard InChI is InChI=1S/C16H14N2O3/c1-3-7-12-10(4-2)16(14(19)17-15(20)18-16)11-8-5-6-9-13(11)21-12/h3-9H,2H2,1H3,(H2,17,18,19,20)/b7-3-/t16-/m1/s1. The number of imide groups is 1. The van der Waals surface area contributed by atoms with Crippen molar-refractivity contribution < 1.29 is 14.3 Å². The number of ether oxygens (including phenoxy) is 1. The largest absolute Gasteiger partial charge is 0.457 e. The van der Waals surface area contributed by atoms with Crippen LogP contribution in [0.15, 0.2) is 60.4 Å². The van der Waals surface area contributed by atoms with E-state index in [1.807, 2.05) is 13.0 Å². The fourth-order valence-electron chi connectivity index (χ4n) is 2.73. The lowest BCUT2D eigenvalue weighted by atomic mass is 9.79. The van der Waals surface area contributed by atoms with Gasteiger partial charge in [-0.25, -0.2) is 4.79 Å². The van der Waals surface area contributed by atoms with Crippen molar-refractivity contribution in [1.82, 2.24) is 10.6 Å². The van der Waals surface area contributed by atoms with Gasteiger partial charge in [0.15, 0.2) is 5.54 Å². The van der Waals surface area contributed by atoms with Crippen LogP contribution in [0, 0.1) is 0 Å². The number of hydrogen-bond donors (Lipinski definition) is 2. The Bertz CT molecular complexity index is 718. The van der Waals surface area contributed by atoms with Crippen molar-refractivity contribution in [3.63, 3.8) is 0 Å². The molecule has 106 valence electrons. The molecular formula is C16H14N2O3. The smallest absolute Gasteiger partial charge is 0.322 e. The third-order valence-corrected chi connectivity index (χ3v) is 3.57. The Morgan fingerprint density at radius 1 is 1.29 bits per heavy atom. The summed E-state index contributed by atoms with van der Waals surface area (Å²) in [5.74, 6) is 0.595. The summed E-state index contributed by atoms with van der Waals surface area (Å²) in [5.41, 5.74) is -0.179. The van der Waals surface area contributed by atoms with Crippen molar-refractivity contribution in [1.29, 1.82) is 0 Å². The SMILES string of the molecule is C=CC1=C(/C=C\C)Oc2ccccc2[C@]12NC(=O)NC2=O. The molecule has 0 saturated carbocycles. The zero-order valence-corrected chi connectivity index (χ0v) is 11.5. The van der Waals surface area contributed by atoms with Gasteiger partial charge in [0.2, 0.25) is 0 Å². The molecule has 0 bridgehead atoms. The Hall–Kier alpha value is -2.82. The summed E-state index contributed by atoms with van der Waals surface area (Å²) in [7, 11) is 0. The number of nitrogens with one attached hydrogen (secondary N) is 2. The topological polar surface area (TPSA) is 67.4 Å². The number of allylic oxidation sites excluding steroid dienone is 2. The Labute approximate surface area is 122 Å². The van der Waals surface area contributed by atoms with Crippen LogP contribution in [0.3, 0.4) is 0 Å². The van der Waals surface area contributed by atoms with Gasteiger partial charge in [0.25, 0.3) is 5.91 Å². The molecule has 1 aromatic carbocycles. The molecule has 3 rings (SSSR count). The molecule has 1 atom stereocenters. The van der Waals surface area contributed by atoms with E-state index in [0.29, 0.717) is 22.6 Å². The molecular weight excluding hydrogens is 268 g/mol. The number of para-hydroxylation sites is 1. The molecule has 1 saturated heterocycles. The molecule has 2 aliphatic rings. The zero-order valence-electron chi connectivity index (χ0n) is 11.5. The van der Waals surface area contributed by atoms with Crippen molar-refractivity contribution in [2.45, 2.75) is 12.5 Å². The van der Waals surface area contributed by atoms with Gasteiger partial charge < -0.3 is 10.1 Å². The number of hydrogen-bond acceptors (Lipinski definition) is 3. The van der Waals surface area contributed by atoms with Gasteiger partial charge in [0, 0.05) is 11.1 Å². The fraction of sp³-hybridized carbons (Fsp3) is 0.125. The Morgan fingerprint density at radius 3 is 2.67 bits per heavy atom. The molecule has 5 nitrogen and oxygen atoms in total. The summed E-state index contributed by atoms with van der Waals surface area (Å²) >= 11 is 0. The average Bonchev–Trinajstić information content (AvgIpc) is 2.75. The van der Waals surface area contributed by atoms with Gasteiger partial charge in [-0.2, -0.15) is 0 Å². The second-order valence-electron chi connectivity index (χ2n) is 4.74. The monoisotopic (exact) mass is 282 g/mol. The van der Waals surface area contributed by atoms with E-state index in [9.17, 15) is 9.59 Å². The summed E-state index contributed by atoms with van der Waals surface area (Å²) in [6, 6.07) is 6.60. The third-order valence-electron chi connectivity index (χ3n) is 3.57. The van der Waals surface area contributed by atoms with Crippen LogP contribution < -0.4 is 15.4 Å². The third kappa shape index (κ3) is 1.71. The van der Waals surface area contributed by atoms with E-state index < -0.39 is 17.5 Å². The summed E-state index contributed by atoms with van der Waals surface area (Å²) in [6.45, 7) is 5.61. The number of fused-ring (bicyclic) bond motifs is 2. The number of benzene rings is 1. The second kappa shape index (κ2) is 4.63. The van der Waals surface area contributed by atoms with E-state index in [0.717, 1.165) is 0 Å². The highest BCUT2D eigenvalue weighted by Gasteiger charge is 2.54. The summed E-state index contributed by atoms with van der Waals surface area (Å²) in [4.78, 5) is 24.2. The Morgan fingerprint density at radius 2 is 2.05 bits per heavy atom. The van der Waals surface area contributed by atoms with Crippen LogP contribution in [-0.2, 0) is 10.3 Å². The minimum absolute atomic E-state index is 0.430. The normalized spacial score (nSPS) is 23.9. The number of carbonyl (C=O) groups is 2. The highest BCUT2D eigenvalue weighted by atomic mass is 16.5. The minimum Gasteiger partial charge on any atom is -0.457 e. The first-order valence-corrected chi connectivity index (χ1v) is 6.54. The lowest BCUT2D eigenvalue weighted by Gasteiger charge is -2.34. The predicted molar refractivity (Wildman–Crippen MR) is 77.5 cm³/mol. The highest BCUT2D eigenvalue weighted by Crippen LogP contribution is 2.44. The zero-order chi connectivity index (χ0) is 15.0. The maximum absolute atomic E-state index is 12.5. The highest BCUT2D eigenvalue weighted by molar-refractivity contribution is 6.10. The van der Waals surface area contributed by atoms with Crippen LogP contribution in [0.1, 0.15) is 12.5 Å². The molecule has 21 heavy (non-hydrogen) atoms. The van der Waals surface area contributed by atoms with E-state index in [4.69, 9.17) is 4.74 Å². The molecule has 5 heteroatoms. The molecule has 3 amide bonds. The summed E-state index contributed by atoms with van der Waals surface area (Å²) < 4.78 is 5.84. The molecule has 0 aliphatic carbocycles. The van der Waals surface area contributed by atoms with Crippen molar-refractivity contribution in [3.05, 3.63) is 66.0 Å². The maximum atomic E-state index is 12.5. The van der Waals surface area contributed by atoms with Crippen molar-refractivity contribution in [2.75, 3.05) is 0 Å². The number of rotatable bonds is 2. The molecule has 1 fully saturated rings. The van der Waals surface area contributed by atoms with Gasteiger partial charge in [0.05, 0.1) is 0 Å². The predicted octanol–water partition coefficient (Wildman–Crippen LogP) is 2.13. The Balaban J connectivity index is 2.34. The molecule has 2 heterocycles. The first-order valence-electron chi connectivity index (χ1n) is 6.54. The van der Waals surface area contributed by atoms with E-state index in [2.05, 4.69) is 17.2 Å². The van der Waals surface area contributed by atoms with Crippen molar-refractivity contribution in [3.8, 4) is 5.75 Å². The number of urea groups is 1. The van der Waals surface area contributed by atoms with Gasteiger partial charge in [0.1, 0.15) is 11.5 Å². The van der Waals surface area contributed by atoms with E-state index >= 15 is 0 Å². The van der Waals surface area contributed by atoms with E-state index in [1.54, 1.807) is 30.4 Å². The van der Waals surface area contributed by atoms with Crippen LogP contribution in [-0.4, -0.2) is 11.9 Å². The van der Waals surface area contributed by atoms with Gasteiger partial charge in [-0.1, -0.05) is 36.9 Å². The van der Waals surface area contributed by atoms with Gasteiger partial charge in [-0.3, -0.25) is 10.1 Å². The van der Waals surface area contributed by atoms with Crippen LogP contribution in [0.2, 0.25) is 0 Å². The van der Waals surface area contributed by atoms with Crippen LogP contribution in [0.25, 0.3) is 0 Å². The molecule has 1 spiro atoms. The van der Waals surface area contributed by atoms with Crippen LogP contribution in [0.4, 0.5) is 4.79 Å². The molecule has 0 aromatic heterocycles. The van der Waals surface area contributed by atoms with E-state index in [-0.39, 0.29) is 0 Å². The lowest BCUT2D eigenvalue weighted by molar-refractivity contribution is -0.123. The minimum atomic E-state index is -1.29.